The number of benzene rings is 2. The van der Waals surface area contributed by atoms with Gasteiger partial charge in [0.05, 0.1) is 27.1 Å². The van der Waals surface area contributed by atoms with Gasteiger partial charge in [-0.1, -0.05) is 33.6 Å². The topological polar surface area (TPSA) is 54.4 Å². The smallest absolute Gasteiger partial charge is 0.335 e. The van der Waals surface area contributed by atoms with E-state index in [2.05, 4.69) is 15.9 Å². The van der Waals surface area contributed by atoms with Crippen molar-refractivity contribution in [2.24, 2.45) is 0 Å². The summed E-state index contributed by atoms with van der Waals surface area (Å²) in [6.07, 6.45) is 0. The maximum atomic E-state index is 13.1. The van der Waals surface area contributed by atoms with Gasteiger partial charge in [0.2, 0.25) is 0 Å². The molecule has 2 aromatic rings. The third-order valence-electron chi connectivity index (χ3n) is 2.74. The normalized spacial score (nSPS) is 12.1. The Morgan fingerprint density at radius 3 is 2.57 bits per heavy atom. The molecule has 0 amide bonds. The van der Waals surface area contributed by atoms with E-state index in [4.69, 9.17) is 16.7 Å². The van der Waals surface area contributed by atoms with Crippen molar-refractivity contribution >= 4 is 44.3 Å². The number of hydrogen-bond donors (Lipinski definition) is 1. The summed E-state index contributed by atoms with van der Waals surface area (Å²) >= 11 is 8.92. The van der Waals surface area contributed by atoms with Gasteiger partial charge in [0.15, 0.2) is 0 Å². The van der Waals surface area contributed by atoms with Crippen molar-refractivity contribution in [2.45, 2.75) is 10.6 Å². The molecule has 2 aromatic carbocycles. The summed E-state index contributed by atoms with van der Waals surface area (Å²) in [4.78, 5) is 11.3. The molecule has 0 saturated carbocycles. The lowest BCUT2D eigenvalue weighted by Gasteiger charge is -2.07. The summed E-state index contributed by atoms with van der Waals surface area (Å²) in [6, 6.07) is 8.39. The molecule has 0 aliphatic rings. The minimum Gasteiger partial charge on any atom is -0.478 e. The van der Waals surface area contributed by atoms with Crippen molar-refractivity contribution in [1.29, 1.82) is 0 Å². The van der Waals surface area contributed by atoms with Crippen molar-refractivity contribution in [1.82, 2.24) is 0 Å². The van der Waals surface area contributed by atoms with Crippen LogP contribution in [0.25, 0.3) is 0 Å². The summed E-state index contributed by atoms with van der Waals surface area (Å²) in [6.45, 7) is 0. The van der Waals surface area contributed by atoms with Crippen LogP contribution in [0.15, 0.2) is 45.8 Å². The van der Waals surface area contributed by atoms with Crippen LogP contribution in [0.5, 0.6) is 0 Å². The van der Waals surface area contributed by atoms with Gasteiger partial charge >= 0.3 is 5.97 Å². The van der Waals surface area contributed by atoms with Crippen molar-refractivity contribution in [3.8, 4) is 0 Å². The number of hydrogen-bond acceptors (Lipinski definition) is 2. The highest BCUT2D eigenvalue weighted by Crippen LogP contribution is 2.24. The zero-order valence-electron chi connectivity index (χ0n) is 10.5. The van der Waals surface area contributed by atoms with Gasteiger partial charge in [-0.15, -0.1) is 0 Å². The number of carbonyl (C=O) groups is 1. The van der Waals surface area contributed by atoms with Crippen molar-refractivity contribution in [2.75, 3.05) is 0 Å². The van der Waals surface area contributed by atoms with Crippen molar-refractivity contribution in [3.05, 3.63) is 62.8 Å². The van der Waals surface area contributed by atoms with E-state index < -0.39 is 22.6 Å². The average Bonchev–Trinajstić information content (AvgIpc) is 2.43. The van der Waals surface area contributed by atoms with Crippen LogP contribution in [-0.2, 0) is 16.6 Å². The lowest BCUT2D eigenvalue weighted by atomic mass is 10.1. The number of carboxylic acids is 1. The van der Waals surface area contributed by atoms with Gasteiger partial charge in [-0.2, -0.15) is 0 Å². The first kappa shape index (κ1) is 16.1. The zero-order valence-corrected chi connectivity index (χ0v) is 13.6. The molecular formula is C14H9BrClFO3S. The highest BCUT2D eigenvalue weighted by molar-refractivity contribution is 9.10. The van der Waals surface area contributed by atoms with Crippen LogP contribution in [0, 0.1) is 5.82 Å². The standard InChI is InChI=1S/C14H9BrClFO3S/c15-11-5-8(14(18)19)1-2-9(11)7-21(20)10-3-4-13(17)12(16)6-10/h1-6H,7H2,(H,18,19). The van der Waals surface area contributed by atoms with E-state index in [1.54, 1.807) is 6.07 Å². The maximum Gasteiger partial charge on any atom is 0.335 e. The van der Waals surface area contributed by atoms with Crippen LogP contribution in [0.2, 0.25) is 5.02 Å². The van der Waals surface area contributed by atoms with E-state index in [-0.39, 0.29) is 16.3 Å². The summed E-state index contributed by atoms with van der Waals surface area (Å²) in [5.41, 5.74) is 0.833. The molecule has 0 radical (unpaired) electrons. The first-order valence-electron chi connectivity index (χ1n) is 5.73. The molecule has 110 valence electrons. The van der Waals surface area contributed by atoms with Crippen molar-refractivity contribution in [3.63, 3.8) is 0 Å². The molecule has 0 aromatic heterocycles. The number of carboxylic acid groups (broad SMARTS) is 1. The largest absolute Gasteiger partial charge is 0.478 e. The molecular weight excluding hydrogens is 383 g/mol. The Hall–Kier alpha value is -1.24. The Labute approximate surface area is 136 Å². The van der Waals surface area contributed by atoms with Gasteiger partial charge < -0.3 is 5.11 Å². The average molecular weight is 392 g/mol. The Morgan fingerprint density at radius 1 is 1.29 bits per heavy atom. The zero-order chi connectivity index (χ0) is 15.6. The SMILES string of the molecule is O=C(O)c1ccc(CS(=O)c2ccc(F)c(Cl)c2)c(Br)c1. The quantitative estimate of drug-likeness (QED) is 0.848. The Balaban J connectivity index is 2.23. The predicted molar refractivity (Wildman–Crippen MR) is 82.6 cm³/mol. The molecule has 0 heterocycles. The van der Waals surface area contributed by atoms with Gasteiger partial charge in [0.25, 0.3) is 0 Å². The highest BCUT2D eigenvalue weighted by atomic mass is 79.9. The maximum absolute atomic E-state index is 13.1. The number of halogens is 3. The molecule has 0 fully saturated rings. The van der Waals surface area contributed by atoms with Crippen LogP contribution in [-0.4, -0.2) is 15.3 Å². The second kappa shape index (κ2) is 6.68. The number of aromatic carboxylic acids is 1. The monoisotopic (exact) mass is 390 g/mol. The molecule has 0 bridgehead atoms. The van der Waals surface area contributed by atoms with Gasteiger partial charge in [-0.05, 0) is 35.9 Å². The van der Waals surface area contributed by atoms with E-state index >= 15 is 0 Å². The minimum atomic E-state index is -1.41. The van der Waals surface area contributed by atoms with Gasteiger partial charge in [-0.3, -0.25) is 4.21 Å². The Bertz CT molecular complexity index is 736. The summed E-state index contributed by atoms with van der Waals surface area (Å²) in [5, 5.41) is 8.80. The molecule has 21 heavy (non-hydrogen) atoms. The van der Waals surface area contributed by atoms with Crippen LogP contribution < -0.4 is 0 Å². The third-order valence-corrected chi connectivity index (χ3v) is 5.12. The summed E-state index contributed by atoms with van der Waals surface area (Å²) in [5.74, 6) is -1.43. The fourth-order valence-corrected chi connectivity index (χ4v) is 3.76. The van der Waals surface area contributed by atoms with E-state index in [0.717, 1.165) is 6.07 Å². The van der Waals surface area contributed by atoms with E-state index in [0.29, 0.717) is 14.9 Å². The molecule has 1 unspecified atom stereocenters. The van der Waals surface area contributed by atoms with Gasteiger partial charge in [0, 0.05) is 9.37 Å². The number of rotatable bonds is 4. The van der Waals surface area contributed by atoms with Crippen LogP contribution in [0.3, 0.4) is 0 Å². The third kappa shape index (κ3) is 3.90. The minimum absolute atomic E-state index is 0.0823. The first-order valence-corrected chi connectivity index (χ1v) is 8.22. The summed E-state index contributed by atoms with van der Waals surface area (Å²) < 4.78 is 25.9. The molecule has 3 nitrogen and oxygen atoms in total. The molecule has 0 saturated heterocycles. The lowest BCUT2D eigenvalue weighted by Crippen LogP contribution is -2.01. The van der Waals surface area contributed by atoms with Crippen LogP contribution in [0.4, 0.5) is 4.39 Å². The Kier molecular flexibility index (Phi) is 5.13. The van der Waals surface area contributed by atoms with E-state index in [9.17, 15) is 13.4 Å². The first-order chi connectivity index (χ1) is 9.88. The molecule has 0 spiro atoms. The highest BCUT2D eigenvalue weighted by Gasteiger charge is 2.12. The summed E-state index contributed by atoms with van der Waals surface area (Å²) in [7, 11) is -1.41. The van der Waals surface area contributed by atoms with E-state index in [1.807, 2.05) is 0 Å². The Morgan fingerprint density at radius 2 is 2.00 bits per heavy atom. The lowest BCUT2D eigenvalue weighted by molar-refractivity contribution is 0.0697. The van der Waals surface area contributed by atoms with Crippen molar-refractivity contribution < 1.29 is 18.5 Å². The molecule has 1 atom stereocenters. The van der Waals surface area contributed by atoms with Crippen LogP contribution in [0.1, 0.15) is 15.9 Å². The second-order valence-corrected chi connectivity index (χ2v) is 6.89. The molecule has 0 aliphatic carbocycles. The fraction of sp³-hybridized carbons (Fsp3) is 0.0714. The van der Waals surface area contributed by atoms with Gasteiger partial charge in [0.1, 0.15) is 5.82 Å². The second-order valence-electron chi connectivity index (χ2n) is 4.18. The van der Waals surface area contributed by atoms with E-state index in [1.165, 1.54) is 24.3 Å². The molecule has 0 aliphatic heterocycles. The molecule has 7 heteroatoms. The molecule has 1 N–H and O–H groups in total. The predicted octanol–water partition coefficient (Wildman–Crippen LogP) is 4.25. The molecule has 2 rings (SSSR count). The fourth-order valence-electron chi connectivity index (χ4n) is 1.64. The van der Waals surface area contributed by atoms with Crippen LogP contribution >= 0.6 is 27.5 Å². The van der Waals surface area contributed by atoms with Gasteiger partial charge in [-0.25, -0.2) is 9.18 Å².